The Bertz CT molecular complexity index is 1270. The van der Waals surface area contributed by atoms with Crippen LogP contribution in [0.25, 0.3) is 5.76 Å². The van der Waals surface area contributed by atoms with Crippen LogP contribution in [0.5, 0.6) is 5.75 Å². The normalized spacial score (nSPS) is 17.3. The predicted octanol–water partition coefficient (Wildman–Crippen LogP) is 4.37. The SMILES string of the molecule is COc1ccc(N2C(=O)C(=O)/C(=C(/O)c3ccc(F)cc3)[C@@H]2c2ccc([N+](=O)[O-])cc2)cc1. The predicted molar refractivity (Wildman–Crippen MR) is 117 cm³/mol. The molecule has 4 rings (SSSR count). The van der Waals surface area contributed by atoms with Gasteiger partial charge < -0.3 is 9.84 Å². The third-order valence-electron chi connectivity index (χ3n) is 5.33. The van der Waals surface area contributed by atoms with Gasteiger partial charge in [-0.25, -0.2) is 4.39 Å². The first-order chi connectivity index (χ1) is 15.8. The van der Waals surface area contributed by atoms with E-state index in [1.54, 1.807) is 24.3 Å². The third kappa shape index (κ3) is 3.91. The van der Waals surface area contributed by atoms with E-state index in [9.17, 15) is 29.2 Å². The van der Waals surface area contributed by atoms with Gasteiger partial charge in [-0.1, -0.05) is 0 Å². The van der Waals surface area contributed by atoms with E-state index >= 15 is 0 Å². The number of benzene rings is 3. The number of ketones is 1. The molecule has 0 unspecified atom stereocenters. The van der Waals surface area contributed by atoms with Gasteiger partial charge in [-0.2, -0.15) is 0 Å². The highest BCUT2D eigenvalue weighted by atomic mass is 19.1. The summed E-state index contributed by atoms with van der Waals surface area (Å²) in [4.78, 5) is 37.8. The minimum Gasteiger partial charge on any atom is -0.507 e. The maximum Gasteiger partial charge on any atom is 0.300 e. The summed E-state index contributed by atoms with van der Waals surface area (Å²) in [7, 11) is 1.49. The van der Waals surface area contributed by atoms with Crippen molar-refractivity contribution in [2.24, 2.45) is 0 Å². The van der Waals surface area contributed by atoms with Crippen LogP contribution in [-0.4, -0.2) is 28.8 Å². The number of methoxy groups -OCH3 is 1. The molecule has 3 aromatic carbocycles. The summed E-state index contributed by atoms with van der Waals surface area (Å²) in [5.41, 5.74) is 0.504. The standard InChI is InChI=1S/C24H17FN2O6/c1-33-19-12-10-17(11-13-19)26-21(14-4-8-18(9-5-14)27(31)32)20(23(29)24(26)30)22(28)15-2-6-16(25)7-3-15/h2-13,21,28H,1H3/b22-20+/t21-/m0/s1. The minimum absolute atomic E-state index is 0.149. The van der Waals surface area contributed by atoms with Crippen molar-refractivity contribution in [3.63, 3.8) is 0 Å². The number of amides is 1. The van der Waals surface area contributed by atoms with Crippen LogP contribution < -0.4 is 9.64 Å². The van der Waals surface area contributed by atoms with Crippen LogP contribution >= 0.6 is 0 Å². The smallest absolute Gasteiger partial charge is 0.300 e. The molecule has 1 aliphatic rings. The summed E-state index contributed by atoms with van der Waals surface area (Å²) in [5, 5.41) is 22.0. The molecule has 1 fully saturated rings. The van der Waals surface area contributed by atoms with Crippen LogP contribution in [0.1, 0.15) is 17.2 Å². The van der Waals surface area contributed by atoms with Crippen LogP contribution in [0, 0.1) is 15.9 Å². The fourth-order valence-electron chi connectivity index (χ4n) is 3.70. The second kappa shape index (κ2) is 8.54. The Kier molecular flexibility index (Phi) is 5.61. The van der Waals surface area contributed by atoms with Crippen molar-refractivity contribution in [1.82, 2.24) is 0 Å². The number of rotatable bonds is 5. The van der Waals surface area contributed by atoms with Gasteiger partial charge in [-0.15, -0.1) is 0 Å². The number of aliphatic hydroxyl groups is 1. The second-order valence-corrected chi connectivity index (χ2v) is 7.22. The largest absolute Gasteiger partial charge is 0.507 e. The Morgan fingerprint density at radius 1 is 1.00 bits per heavy atom. The van der Waals surface area contributed by atoms with Crippen molar-refractivity contribution >= 4 is 28.8 Å². The number of carbonyl (C=O) groups is 2. The molecule has 9 heteroatoms. The highest BCUT2D eigenvalue weighted by molar-refractivity contribution is 6.51. The Morgan fingerprint density at radius 3 is 2.15 bits per heavy atom. The number of anilines is 1. The lowest BCUT2D eigenvalue weighted by Gasteiger charge is -2.25. The van der Waals surface area contributed by atoms with Gasteiger partial charge in [0.15, 0.2) is 0 Å². The zero-order valence-electron chi connectivity index (χ0n) is 17.3. The summed E-state index contributed by atoms with van der Waals surface area (Å²) < 4.78 is 18.5. The average Bonchev–Trinajstić information content (AvgIpc) is 3.09. The van der Waals surface area contributed by atoms with E-state index in [0.717, 1.165) is 12.1 Å². The molecule has 0 aliphatic carbocycles. The van der Waals surface area contributed by atoms with E-state index in [2.05, 4.69) is 0 Å². The van der Waals surface area contributed by atoms with E-state index in [0.29, 0.717) is 17.0 Å². The lowest BCUT2D eigenvalue weighted by atomic mass is 9.95. The van der Waals surface area contributed by atoms with Crippen molar-refractivity contribution in [1.29, 1.82) is 0 Å². The topological polar surface area (TPSA) is 110 Å². The van der Waals surface area contributed by atoms with Gasteiger partial charge in [0.2, 0.25) is 0 Å². The maximum atomic E-state index is 13.4. The van der Waals surface area contributed by atoms with Crippen LogP contribution in [0.15, 0.2) is 78.4 Å². The molecule has 3 aromatic rings. The summed E-state index contributed by atoms with van der Waals surface area (Å²) in [5.74, 6) is -2.29. The van der Waals surface area contributed by atoms with Gasteiger partial charge in [-0.05, 0) is 66.2 Å². The van der Waals surface area contributed by atoms with E-state index < -0.39 is 34.2 Å². The molecule has 0 bridgehead atoms. The first kappa shape index (κ1) is 21.7. The molecule has 1 heterocycles. The zero-order valence-corrected chi connectivity index (χ0v) is 17.3. The van der Waals surface area contributed by atoms with Gasteiger partial charge in [0.05, 0.1) is 23.6 Å². The lowest BCUT2D eigenvalue weighted by molar-refractivity contribution is -0.384. The number of nitro benzene ring substituents is 1. The highest BCUT2D eigenvalue weighted by Crippen LogP contribution is 2.42. The van der Waals surface area contributed by atoms with E-state index in [1.165, 1.54) is 48.4 Å². The van der Waals surface area contributed by atoms with Crippen molar-refractivity contribution in [2.45, 2.75) is 6.04 Å². The Labute approximate surface area is 187 Å². The fraction of sp³-hybridized carbons (Fsp3) is 0.0833. The summed E-state index contributed by atoms with van der Waals surface area (Å²) in [6.45, 7) is 0. The van der Waals surface area contributed by atoms with Crippen molar-refractivity contribution in [2.75, 3.05) is 12.0 Å². The molecule has 1 saturated heterocycles. The number of non-ortho nitro benzene ring substituents is 1. The van der Waals surface area contributed by atoms with Crippen LogP contribution in [0.2, 0.25) is 0 Å². The van der Waals surface area contributed by atoms with Gasteiger partial charge in [-0.3, -0.25) is 24.6 Å². The molecule has 33 heavy (non-hydrogen) atoms. The van der Waals surface area contributed by atoms with Crippen molar-refractivity contribution < 1.29 is 28.7 Å². The first-order valence-corrected chi connectivity index (χ1v) is 9.77. The molecule has 0 aromatic heterocycles. The minimum atomic E-state index is -1.07. The Morgan fingerprint density at radius 2 is 1.61 bits per heavy atom. The quantitative estimate of drug-likeness (QED) is 0.204. The number of hydrogen-bond donors (Lipinski definition) is 1. The molecule has 1 aliphatic heterocycles. The van der Waals surface area contributed by atoms with Gasteiger partial charge >= 0.3 is 0 Å². The number of nitro groups is 1. The Balaban J connectivity index is 1.91. The summed E-state index contributed by atoms with van der Waals surface area (Å²) >= 11 is 0. The molecule has 0 radical (unpaired) electrons. The average molecular weight is 448 g/mol. The number of aliphatic hydroxyl groups excluding tert-OH is 1. The van der Waals surface area contributed by atoms with Crippen molar-refractivity contribution in [3.8, 4) is 5.75 Å². The molecule has 1 atom stereocenters. The van der Waals surface area contributed by atoms with Crippen molar-refractivity contribution in [3.05, 3.63) is 105 Å². The molecule has 8 nitrogen and oxygen atoms in total. The number of nitrogens with zero attached hydrogens (tertiary/aromatic N) is 2. The van der Waals surface area contributed by atoms with Gasteiger partial charge in [0, 0.05) is 23.4 Å². The number of carbonyl (C=O) groups excluding carboxylic acids is 2. The molecule has 0 saturated carbocycles. The molecule has 1 amide bonds. The van der Waals surface area contributed by atoms with E-state index in [-0.39, 0.29) is 16.8 Å². The van der Waals surface area contributed by atoms with Crippen LogP contribution in [0.3, 0.4) is 0 Å². The molecule has 1 N–H and O–H groups in total. The van der Waals surface area contributed by atoms with Gasteiger partial charge in [0.1, 0.15) is 17.3 Å². The number of halogens is 1. The fourth-order valence-corrected chi connectivity index (χ4v) is 3.70. The molecular formula is C24H17FN2O6. The number of Topliss-reactive ketones (excluding diaryl/α,β-unsaturated/α-hetero) is 1. The molecule has 166 valence electrons. The lowest BCUT2D eigenvalue weighted by Crippen LogP contribution is -2.29. The van der Waals surface area contributed by atoms with Crippen LogP contribution in [0.4, 0.5) is 15.8 Å². The molecule has 0 spiro atoms. The van der Waals surface area contributed by atoms with Gasteiger partial charge in [0.25, 0.3) is 17.4 Å². The van der Waals surface area contributed by atoms with E-state index in [1.807, 2.05) is 0 Å². The summed E-state index contributed by atoms with van der Waals surface area (Å²) in [6.07, 6.45) is 0. The highest BCUT2D eigenvalue weighted by Gasteiger charge is 2.47. The maximum absolute atomic E-state index is 13.4. The summed E-state index contributed by atoms with van der Waals surface area (Å²) in [6, 6.07) is 15.5. The van der Waals surface area contributed by atoms with E-state index in [4.69, 9.17) is 4.74 Å². The van der Waals surface area contributed by atoms with Crippen LogP contribution in [-0.2, 0) is 9.59 Å². The third-order valence-corrected chi connectivity index (χ3v) is 5.33. The zero-order chi connectivity index (χ0) is 23.7. The number of hydrogen-bond acceptors (Lipinski definition) is 6. The monoisotopic (exact) mass is 448 g/mol. The Hall–Kier alpha value is -4.53. The first-order valence-electron chi connectivity index (χ1n) is 9.77. The number of ether oxygens (including phenoxy) is 1. The second-order valence-electron chi connectivity index (χ2n) is 7.22. The molecular weight excluding hydrogens is 431 g/mol.